The van der Waals surface area contributed by atoms with Crippen molar-refractivity contribution in [1.29, 1.82) is 0 Å². The van der Waals surface area contributed by atoms with Crippen LogP contribution in [0, 0.1) is 17.3 Å². The number of esters is 1. The molecule has 1 saturated carbocycles. The van der Waals surface area contributed by atoms with E-state index >= 15 is 0 Å². The van der Waals surface area contributed by atoms with E-state index in [9.17, 15) is 4.79 Å². The number of hydrogen-bond acceptors (Lipinski definition) is 4. The molecule has 0 aromatic heterocycles. The number of carbonyl (C=O) groups is 1. The van der Waals surface area contributed by atoms with Crippen molar-refractivity contribution in [2.75, 3.05) is 19.7 Å². The molecule has 0 radical (unpaired) electrons. The van der Waals surface area contributed by atoms with Crippen LogP contribution in [0.5, 0.6) is 5.75 Å². The Balaban J connectivity index is 1.35. The van der Waals surface area contributed by atoms with Gasteiger partial charge >= 0.3 is 5.97 Å². The maximum atomic E-state index is 12.0. The highest BCUT2D eigenvalue weighted by Crippen LogP contribution is 2.41. The van der Waals surface area contributed by atoms with E-state index in [4.69, 9.17) is 9.47 Å². The summed E-state index contributed by atoms with van der Waals surface area (Å²) >= 11 is 0. The van der Waals surface area contributed by atoms with E-state index in [-0.39, 0.29) is 11.9 Å². The predicted octanol–water partition coefficient (Wildman–Crippen LogP) is 6.99. The third-order valence-electron chi connectivity index (χ3n) is 8.54. The van der Waals surface area contributed by atoms with Gasteiger partial charge in [-0.05, 0) is 98.3 Å². The molecule has 186 valence electrons. The van der Waals surface area contributed by atoms with Crippen molar-refractivity contribution >= 4 is 16.7 Å². The van der Waals surface area contributed by atoms with Crippen molar-refractivity contribution in [3.63, 3.8) is 0 Å². The van der Waals surface area contributed by atoms with Gasteiger partial charge in [0.15, 0.2) is 0 Å². The normalized spacial score (nSPS) is 22.6. The molecule has 0 spiro atoms. The van der Waals surface area contributed by atoms with Crippen LogP contribution in [0.2, 0.25) is 0 Å². The number of benzene rings is 2. The zero-order valence-electron chi connectivity index (χ0n) is 21.6. The van der Waals surface area contributed by atoms with Gasteiger partial charge in [-0.3, -0.25) is 9.69 Å². The number of fused-ring (bicyclic) bond motifs is 1. The Morgan fingerprint density at radius 1 is 1.00 bits per heavy atom. The third-order valence-corrected chi connectivity index (χ3v) is 8.54. The SMILES string of the molecule is CCOC(=O)C1CCN(Cc2cccc3cc(OC4CCC(C(C)(C)CC)CC4)ccc23)CC1. The van der Waals surface area contributed by atoms with Gasteiger partial charge in [-0.25, -0.2) is 0 Å². The molecule has 1 heterocycles. The van der Waals surface area contributed by atoms with Crippen molar-refractivity contribution in [2.24, 2.45) is 17.3 Å². The number of hydrogen-bond donors (Lipinski definition) is 0. The Kier molecular flexibility index (Phi) is 8.18. The molecule has 2 aromatic carbocycles. The summed E-state index contributed by atoms with van der Waals surface area (Å²) in [7, 11) is 0. The highest BCUT2D eigenvalue weighted by Gasteiger charge is 2.32. The lowest BCUT2D eigenvalue weighted by atomic mass is 9.69. The molecule has 0 bridgehead atoms. The van der Waals surface area contributed by atoms with E-state index in [2.05, 4.69) is 62.1 Å². The average Bonchev–Trinajstić information content (AvgIpc) is 2.85. The fourth-order valence-electron chi connectivity index (χ4n) is 5.81. The third kappa shape index (κ3) is 5.94. The van der Waals surface area contributed by atoms with Crippen LogP contribution in [0.25, 0.3) is 10.8 Å². The monoisotopic (exact) mass is 465 g/mol. The van der Waals surface area contributed by atoms with Crippen molar-refractivity contribution < 1.29 is 14.3 Å². The van der Waals surface area contributed by atoms with Crippen molar-refractivity contribution in [2.45, 2.75) is 85.3 Å². The van der Waals surface area contributed by atoms with E-state index in [1.165, 1.54) is 35.6 Å². The van der Waals surface area contributed by atoms with E-state index in [1.54, 1.807) is 0 Å². The largest absolute Gasteiger partial charge is 0.490 e. The van der Waals surface area contributed by atoms with Gasteiger partial charge in [0.25, 0.3) is 0 Å². The topological polar surface area (TPSA) is 38.8 Å². The molecule has 1 aliphatic heterocycles. The lowest BCUT2D eigenvalue weighted by Gasteiger charge is -2.38. The van der Waals surface area contributed by atoms with Gasteiger partial charge in [0, 0.05) is 6.54 Å². The Morgan fingerprint density at radius 3 is 2.41 bits per heavy atom. The number of piperidine rings is 1. The van der Waals surface area contributed by atoms with Crippen molar-refractivity contribution in [3.8, 4) is 5.75 Å². The van der Waals surface area contributed by atoms with Gasteiger partial charge in [0.2, 0.25) is 0 Å². The second-order valence-electron chi connectivity index (χ2n) is 11.0. The molecule has 1 saturated heterocycles. The van der Waals surface area contributed by atoms with Crippen LogP contribution in [0.3, 0.4) is 0 Å². The minimum atomic E-state index is -0.0256. The van der Waals surface area contributed by atoms with Crippen molar-refractivity contribution in [3.05, 3.63) is 42.0 Å². The molecular weight excluding hydrogens is 422 g/mol. The minimum Gasteiger partial charge on any atom is -0.490 e. The first-order chi connectivity index (χ1) is 16.4. The van der Waals surface area contributed by atoms with Gasteiger partial charge in [-0.15, -0.1) is 0 Å². The van der Waals surface area contributed by atoms with Crippen LogP contribution in [0.4, 0.5) is 0 Å². The van der Waals surface area contributed by atoms with Gasteiger partial charge in [0.1, 0.15) is 5.75 Å². The van der Waals surface area contributed by atoms with Gasteiger partial charge in [-0.2, -0.15) is 0 Å². The maximum Gasteiger partial charge on any atom is 0.309 e. The predicted molar refractivity (Wildman–Crippen MR) is 139 cm³/mol. The molecular formula is C30H43NO3. The summed E-state index contributed by atoms with van der Waals surface area (Å²) in [5.41, 5.74) is 1.79. The second kappa shape index (κ2) is 11.1. The lowest BCUT2D eigenvalue weighted by molar-refractivity contribution is -0.149. The summed E-state index contributed by atoms with van der Waals surface area (Å²) in [6, 6.07) is 13.2. The highest BCUT2D eigenvalue weighted by molar-refractivity contribution is 5.87. The number of rotatable bonds is 8. The summed E-state index contributed by atoms with van der Waals surface area (Å²) < 4.78 is 11.7. The molecule has 0 N–H and O–H groups in total. The van der Waals surface area contributed by atoms with Crippen LogP contribution in [-0.2, 0) is 16.1 Å². The lowest BCUT2D eigenvalue weighted by Crippen LogP contribution is -2.36. The average molecular weight is 466 g/mol. The Labute approximate surface area is 206 Å². The molecule has 4 rings (SSSR count). The molecule has 1 aliphatic carbocycles. The number of ether oxygens (including phenoxy) is 2. The molecule has 2 aromatic rings. The summed E-state index contributed by atoms with van der Waals surface area (Å²) in [6.45, 7) is 12.3. The molecule has 0 amide bonds. The summed E-state index contributed by atoms with van der Waals surface area (Å²) in [5.74, 6) is 1.85. The van der Waals surface area contributed by atoms with Crippen LogP contribution >= 0.6 is 0 Å². The van der Waals surface area contributed by atoms with Crippen LogP contribution < -0.4 is 4.74 Å². The second-order valence-corrected chi connectivity index (χ2v) is 11.0. The quantitative estimate of drug-likeness (QED) is 0.394. The molecule has 4 heteroatoms. The fraction of sp³-hybridized carbons (Fsp3) is 0.633. The van der Waals surface area contributed by atoms with E-state index in [1.807, 2.05) is 6.92 Å². The van der Waals surface area contributed by atoms with Crippen molar-refractivity contribution in [1.82, 2.24) is 4.90 Å². The first-order valence-electron chi connectivity index (χ1n) is 13.5. The molecule has 4 nitrogen and oxygen atoms in total. The Hall–Kier alpha value is -2.07. The van der Waals surface area contributed by atoms with Gasteiger partial charge in [-0.1, -0.05) is 51.5 Å². The summed E-state index contributed by atoms with van der Waals surface area (Å²) in [5, 5.41) is 2.55. The molecule has 2 aliphatic rings. The highest BCUT2D eigenvalue weighted by atomic mass is 16.5. The van der Waals surface area contributed by atoms with Gasteiger partial charge in [0.05, 0.1) is 18.6 Å². The smallest absolute Gasteiger partial charge is 0.309 e. The minimum absolute atomic E-state index is 0.0256. The number of carbonyl (C=O) groups excluding carboxylic acids is 1. The van der Waals surface area contributed by atoms with Crippen LogP contribution in [0.1, 0.15) is 78.2 Å². The van der Waals surface area contributed by atoms with Crippen LogP contribution in [-0.4, -0.2) is 36.7 Å². The maximum absolute atomic E-state index is 12.0. The summed E-state index contributed by atoms with van der Waals surface area (Å²) in [4.78, 5) is 14.5. The molecule has 0 atom stereocenters. The Bertz CT molecular complexity index is 953. The standard InChI is InChI=1S/C30H43NO3/c1-5-30(3,4)25-10-12-26(13-11-25)34-27-14-15-28-23(20-27)8-7-9-24(28)21-31-18-16-22(17-19-31)29(32)33-6-2/h7-9,14-15,20,22,25-26H,5-6,10-13,16-19,21H2,1-4H3. The van der Waals surface area contributed by atoms with E-state index in [0.29, 0.717) is 18.1 Å². The Morgan fingerprint density at radius 2 is 1.74 bits per heavy atom. The number of likely N-dealkylation sites (tertiary alicyclic amines) is 1. The fourth-order valence-corrected chi connectivity index (χ4v) is 5.81. The molecule has 0 unspecified atom stereocenters. The molecule has 2 fully saturated rings. The summed E-state index contributed by atoms with van der Waals surface area (Å²) in [6.07, 6.45) is 8.23. The molecule has 34 heavy (non-hydrogen) atoms. The zero-order chi connectivity index (χ0) is 24.1. The zero-order valence-corrected chi connectivity index (χ0v) is 21.6. The van der Waals surface area contributed by atoms with Gasteiger partial charge < -0.3 is 9.47 Å². The first kappa shape index (κ1) is 25.0. The van der Waals surface area contributed by atoms with E-state index in [0.717, 1.165) is 57.0 Å². The van der Waals surface area contributed by atoms with Crippen LogP contribution in [0.15, 0.2) is 36.4 Å². The van der Waals surface area contributed by atoms with E-state index < -0.39 is 0 Å². The first-order valence-corrected chi connectivity index (χ1v) is 13.5. The number of nitrogens with zero attached hydrogens (tertiary/aromatic N) is 1.